The van der Waals surface area contributed by atoms with Gasteiger partial charge in [-0.05, 0) is 19.9 Å². The van der Waals surface area contributed by atoms with Crippen molar-refractivity contribution < 1.29 is 4.74 Å². The van der Waals surface area contributed by atoms with Crippen LogP contribution in [0.25, 0.3) is 0 Å². The molecule has 4 rings (SSSR count). The molecule has 2 atom stereocenters. The zero-order chi connectivity index (χ0) is 17.4. The molecule has 2 fully saturated rings. The molecule has 25 heavy (non-hydrogen) atoms. The van der Waals surface area contributed by atoms with E-state index in [1.807, 2.05) is 19.2 Å². The summed E-state index contributed by atoms with van der Waals surface area (Å²) in [4.78, 5) is 22.5. The molecule has 0 aromatic carbocycles. The minimum atomic E-state index is 0.453. The van der Waals surface area contributed by atoms with Gasteiger partial charge in [-0.1, -0.05) is 0 Å². The first-order chi connectivity index (χ1) is 12.2. The molecular formula is C18H24N6O. The van der Waals surface area contributed by atoms with Crippen molar-refractivity contribution in [1.82, 2.24) is 19.9 Å². The third kappa shape index (κ3) is 3.04. The quantitative estimate of drug-likeness (QED) is 0.837. The number of hydrogen-bond donors (Lipinski definition) is 0. The number of aryl methyl sites for hydroxylation is 1. The molecule has 2 aliphatic heterocycles. The molecule has 4 heterocycles. The average molecular weight is 340 g/mol. The van der Waals surface area contributed by atoms with Crippen LogP contribution in [0.1, 0.15) is 17.1 Å². The van der Waals surface area contributed by atoms with Crippen LogP contribution < -0.4 is 9.80 Å². The van der Waals surface area contributed by atoms with Gasteiger partial charge in [-0.3, -0.25) is 0 Å². The van der Waals surface area contributed by atoms with Crippen LogP contribution in [0, 0.1) is 25.7 Å². The van der Waals surface area contributed by atoms with Crippen LogP contribution in [0.15, 0.2) is 18.6 Å². The van der Waals surface area contributed by atoms with Gasteiger partial charge < -0.3 is 14.5 Å². The summed E-state index contributed by atoms with van der Waals surface area (Å²) in [5.74, 6) is 4.15. The maximum Gasteiger partial charge on any atom is 0.156 e. The van der Waals surface area contributed by atoms with E-state index in [4.69, 9.17) is 4.74 Å². The van der Waals surface area contributed by atoms with Gasteiger partial charge in [-0.25, -0.2) is 19.9 Å². The van der Waals surface area contributed by atoms with E-state index in [9.17, 15) is 0 Å². The number of rotatable bonds is 4. The largest absolute Gasteiger partial charge is 0.377 e. The van der Waals surface area contributed by atoms with E-state index >= 15 is 0 Å². The van der Waals surface area contributed by atoms with Crippen molar-refractivity contribution in [2.75, 3.05) is 43.1 Å². The Bertz CT molecular complexity index is 753. The van der Waals surface area contributed by atoms with Crippen molar-refractivity contribution in [3.63, 3.8) is 0 Å². The maximum absolute atomic E-state index is 5.14. The molecular weight excluding hydrogens is 316 g/mol. The Labute approximate surface area is 148 Å². The SMILES string of the molecule is COCc1nccc(N2CC3CN(c4ncnc(C)c4C)CC3C2)n1. The topological polar surface area (TPSA) is 67.3 Å². The maximum atomic E-state index is 5.14. The molecule has 0 spiro atoms. The fourth-order valence-corrected chi connectivity index (χ4v) is 3.96. The second-order valence-electron chi connectivity index (χ2n) is 7.00. The summed E-state index contributed by atoms with van der Waals surface area (Å²) in [6, 6.07) is 2.00. The van der Waals surface area contributed by atoms with Gasteiger partial charge in [0.2, 0.25) is 0 Å². The summed E-state index contributed by atoms with van der Waals surface area (Å²) < 4.78 is 5.14. The molecule has 7 nitrogen and oxygen atoms in total. The van der Waals surface area contributed by atoms with E-state index in [0.29, 0.717) is 18.4 Å². The van der Waals surface area contributed by atoms with E-state index in [1.165, 1.54) is 5.56 Å². The number of fused-ring (bicyclic) bond motifs is 1. The first-order valence-electron chi connectivity index (χ1n) is 8.74. The monoisotopic (exact) mass is 340 g/mol. The number of methoxy groups -OCH3 is 1. The van der Waals surface area contributed by atoms with Crippen molar-refractivity contribution in [2.24, 2.45) is 11.8 Å². The van der Waals surface area contributed by atoms with E-state index in [1.54, 1.807) is 13.4 Å². The first-order valence-corrected chi connectivity index (χ1v) is 8.74. The number of aromatic nitrogens is 4. The van der Waals surface area contributed by atoms with Gasteiger partial charge in [0.15, 0.2) is 5.82 Å². The number of nitrogens with zero attached hydrogens (tertiary/aromatic N) is 6. The van der Waals surface area contributed by atoms with Crippen LogP contribution in [-0.4, -0.2) is 53.2 Å². The second-order valence-corrected chi connectivity index (χ2v) is 7.00. The molecule has 0 radical (unpaired) electrons. The second kappa shape index (κ2) is 6.55. The number of hydrogen-bond acceptors (Lipinski definition) is 7. The molecule has 132 valence electrons. The summed E-state index contributed by atoms with van der Waals surface area (Å²) in [6.07, 6.45) is 3.50. The Balaban J connectivity index is 1.46. The lowest BCUT2D eigenvalue weighted by molar-refractivity contribution is 0.178. The van der Waals surface area contributed by atoms with Gasteiger partial charge in [0, 0.05) is 62.6 Å². The van der Waals surface area contributed by atoms with E-state index < -0.39 is 0 Å². The van der Waals surface area contributed by atoms with Gasteiger partial charge in [0.1, 0.15) is 24.6 Å². The predicted molar refractivity (Wildman–Crippen MR) is 95.7 cm³/mol. The van der Waals surface area contributed by atoms with Crippen LogP contribution >= 0.6 is 0 Å². The predicted octanol–water partition coefficient (Wildman–Crippen LogP) is 1.60. The summed E-state index contributed by atoms with van der Waals surface area (Å²) in [5, 5.41) is 0. The van der Waals surface area contributed by atoms with E-state index in [-0.39, 0.29) is 0 Å². The van der Waals surface area contributed by atoms with Crippen LogP contribution in [0.4, 0.5) is 11.6 Å². The summed E-state index contributed by atoms with van der Waals surface area (Å²) >= 11 is 0. The van der Waals surface area contributed by atoms with Gasteiger partial charge in [-0.2, -0.15) is 0 Å². The fourth-order valence-electron chi connectivity index (χ4n) is 3.96. The van der Waals surface area contributed by atoms with Crippen molar-refractivity contribution in [3.05, 3.63) is 35.7 Å². The summed E-state index contributed by atoms with van der Waals surface area (Å²) in [7, 11) is 1.67. The standard InChI is InChI=1S/C18H24N6O/c1-12-13(2)20-11-21-18(12)24-8-14-6-23(7-15(14)9-24)17-4-5-19-16(22-17)10-25-3/h4-5,11,14-15H,6-10H2,1-3H3. The van der Waals surface area contributed by atoms with Crippen molar-refractivity contribution in [3.8, 4) is 0 Å². The van der Waals surface area contributed by atoms with Crippen LogP contribution in [0.5, 0.6) is 0 Å². The first kappa shape index (κ1) is 16.2. The van der Waals surface area contributed by atoms with Gasteiger partial charge in [-0.15, -0.1) is 0 Å². The minimum Gasteiger partial charge on any atom is -0.377 e. The Morgan fingerprint density at radius 2 is 1.76 bits per heavy atom. The lowest BCUT2D eigenvalue weighted by atomic mass is 10.0. The summed E-state index contributed by atoms with van der Waals surface area (Å²) in [6.45, 7) is 8.79. The molecule has 2 aromatic heterocycles. The zero-order valence-electron chi connectivity index (χ0n) is 15.0. The molecule has 0 bridgehead atoms. The smallest absolute Gasteiger partial charge is 0.156 e. The third-order valence-corrected chi connectivity index (χ3v) is 5.38. The molecule has 2 aliphatic rings. The summed E-state index contributed by atoms with van der Waals surface area (Å²) in [5.41, 5.74) is 2.26. The molecule has 7 heteroatoms. The average Bonchev–Trinajstić information content (AvgIpc) is 3.17. The highest BCUT2D eigenvalue weighted by atomic mass is 16.5. The molecule has 0 amide bonds. The minimum absolute atomic E-state index is 0.453. The third-order valence-electron chi connectivity index (χ3n) is 5.38. The van der Waals surface area contributed by atoms with Gasteiger partial charge in [0.25, 0.3) is 0 Å². The van der Waals surface area contributed by atoms with E-state index in [2.05, 4.69) is 36.7 Å². The molecule has 0 N–H and O–H groups in total. The lowest BCUT2D eigenvalue weighted by Gasteiger charge is -2.24. The zero-order valence-corrected chi connectivity index (χ0v) is 15.0. The van der Waals surface area contributed by atoms with Gasteiger partial charge in [0.05, 0.1) is 0 Å². The Morgan fingerprint density at radius 1 is 1.04 bits per heavy atom. The fraction of sp³-hybridized carbons (Fsp3) is 0.556. The Kier molecular flexibility index (Phi) is 4.25. The highest BCUT2D eigenvalue weighted by Crippen LogP contribution is 2.36. The highest BCUT2D eigenvalue weighted by Gasteiger charge is 2.41. The number of anilines is 2. The molecule has 0 aliphatic carbocycles. The molecule has 2 unspecified atom stereocenters. The van der Waals surface area contributed by atoms with E-state index in [0.717, 1.165) is 49.3 Å². The lowest BCUT2D eigenvalue weighted by Crippen LogP contribution is -2.30. The molecule has 2 aromatic rings. The Hall–Kier alpha value is -2.28. The van der Waals surface area contributed by atoms with Crippen LogP contribution in [0.2, 0.25) is 0 Å². The van der Waals surface area contributed by atoms with Crippen molar-refractivity contribution in [1.29, 1.82) is 0 Å². The van der Waals surface area contributed by atoms with Crippen LogP contribution in [-0.2, 0) is 11.3 Å². The normalized spacial score (nSPS) is 22.5. The van der Waals surface area contributed by atoms with Crippen molar-refractivity contribution in [2.45, 2.75) is 20.5 Å². The van der Waals surface area contributed by atoms with Crippen LogP contribution in [0.3, 0.4) is 0 Å². The highest BCUT2D eigenvalue weighted by molar-refractivity contribution is 5.50. The molecule has 0 saturated carbocycles. The molecule has 2 saturated heterocycles. The van der Waals surface area contributed by atoms with Crippen molar-refractivity contribution >= 4 is 11.6 Å². The van der Waals surface area contributed by atoms with Gasteiger partial charge >= 0.3 is 0 Å². The number of ether oxygens (including phenoxy) is 1. The Morgan fingerprint density at radius 3 is 2.48 bits per heavy atom.